The monoisotopic (exact) mass is 317 g/mol. The highest BCUT2D eigenvalue weighted by Gasteiger charge is 2.31. The molecule has 2 rings (SSSR count). The molecule has 0 N–H and O–H groups in total. The molecule has 0 atom stereocenters. The predicted octanol–water partition coefficient (Wildman–Crippen LogP) is 0.859. The largest absolute Gasteiger partial charge is 0.300 e. The second-order valence-electron chi connectivity index (χ2n) is 4.96. The Labute approximate surface area is 118 Å². The lowest BCUT2D eigenvalue weighted by molar-refractivity contribution is -0.124. The summed E-state index contributed by atoms with van der Waals surface area (Å²) in [6.45, 7) is 0. The van der Waals surface area contributed by atoms with Gasteiger partial charge in [0.05, 0.1) is 18.2 Å². The molecule has 1 fully saturated rings. The maximum atomic E-state index is 11.7. The Balaban J connectivity index is 2.45. The van der Waals surface area contributed by atoms with E-state index in [2.05, 4.69) is 0 Å². The molecule has 0 bridgehead atoms. The highest BCUT2D eigenvalue weighted by atomic mass is 32.3. The third-order valence-electron chi connectivity index (χ3n) is 3.10. The standard InChI is InChI=1S/C12H15NO5S2/c1-19(15,16)13(20(2,17)18)11-5-3-4-9(6-11)10-7-12(14)8-10/h3-6,10H,7-8H2,1-2H3. The van der Waals surface area contributed by atoms with Crippen LogP contribution in [0.25, 0.3) is 0 Å². The summed E-state index contributed by atoms with van der Waals surface area (Å²) >= 11 is 0. The average molecular weight is 317 g/mol. The van der Waals surface area contributed by atoms with Crippen LogP contribution in [-0.2, 0) is 24.8 Å². The Morgan fingerprint density at radius 3 is 2.05 bits per heavy atom. The minimum absolute atomic E-state index is 0.0448. The van der Waals surface area contributed by atoms with E-state index in [4.69, 9.17) is 0 Å². The van der Waals surface area contributed by atoms with Gasteiger partial charge in [0.1, 0.15) is 5.78 Å². The minimum atomic E-state index is -3.94. The van der Waals surface area contributed by atoms with Gasteiger partial charge in [0.15, 0.2) is 0 Å². The lowest BCUT2D eigenvalue weighted by Gasteiger charge is -2.26. The molecule has 0 aliphatic heterocycles. The van der Waals surface area contributed by atoms with Crippen LogP contribution >= 0.6 is 0 Å². The molecule has 0 aromatic heterocycles. The van der Waals surface area contributed by atoms with E-state index in [9.17, 15) is 21.6 Å². The molecule has 0 radical (unpaired) electrons. The molecule has 1 aromatic rings. The Bertz CT molecular complexity index is 712. The van der Waals surface area contributed by atoms with Gasteiger partial charge in [-0.1, -0.05) is 12.1 Å². The van der Waals surface area contributed by atoms with Crippen LogP contribution in [0.5, 0.6) is 0 Å². The zero-order valence-electron chi connectivity index (χ0n) is 11.1. The molecule has 0 heterocycles. The number of sulfonamides is 2. The Morgan fingerprint density at radius 1 is 1.05 bits per heavy atom. The first-order valence-corrected chi connectivity index (χ1v) is 9.61. The van der Waals surface area contributed by atoms with E-state index < -0.39 is 20.0 Å². The number of ketones is 1. The zero-order chi connectivity index (χ0) is 15.1. The van der Waals surface area contributed by atoms with Crippen molar-refractivity contribution in [2.45, 2.75) is 18.8 Å². The van der Waals surface area contributed by atoms with Crippen molar-refractivity contribution in [3.8, 4) is 0 Å². The highest BCUT2D eigenvalue weighted by molar-refractivity contribution is 8.09. The van der Waals surface area contributed by atoms with E-state index in [1.807, 2.05) is 0 Å². The van der Waals surface area contributed by atoms with Crippen molar-refractivity contribution in [2.75, 3.05) is 16.2 Å². The molecular formula is C12H15NO5S2. The lowest BCUT2D eigenvalue weighted by Crippen LogP contribution is -2.35. The van der Waals surface area contributed by atoms with Crippen LogP contribution in [0, 0.1) is 0 Å². The molecule has 20 heavy (non-hydrogen) atoms. The molecule has 0 unspecified atom stereocenters. The van der Waals surface area contributed by atoms with Gasteiger partial charge < -0.3 is 0 Å². The van der Waals surface area contributed by atoms with E-state index in [0.29, 0.717) is 16.6 Å². The van der Waals surface area contributed by atoms with Crippen LogP contribution in [0.2, 0.25) is 0 Å². The number of hydrogen-bond acceptors (Lipinski definition) is 5. The fourth-order valence-electron chi connectivity index (χ4n) is 2.25. The first-order chi connectivity index (χ1) is 9.09. The number of carbonyl (C=O) groups excluding carboxylic acids is 1. The molecule has 0 spiro atoms. The fraction of sp³-hybridized carbons (Fsp3) is 0.417. The van der Waals surface area contributed by atoms with Crippen molar-refractivity contribution in [2.24, 2.45) is 0 Å². The molecule has 0 saturated heterocycles. The van der Waals surface area contributed by atoms with E-state index >= 15 is 0 Å². The first-order valence-electron chi connectivity index (χ1n) is 5.91. The number of rotatable bonds is 4. The number of nitrogens with zero attached hydrogens (tertiary/aromatic N) is 1. The van der Waals surface area contributed by atoms with Crippen molar-refractivity contribution < 1.29 is 21.6 Å². The van der Waals surface area contributed by atoms with Crippen LogP contribution in [-0.4, -0.2) is 35.1 Å². The van der Waals surface area contributed by atoms with Gasteiger partial charge in [0, 0.05) is 12.8 Å². The summed E-state index contributed by atoms with van der Waals surface area (Å²) in [5.74, 6) is 0.201. The maximum Gasteiger partial charge on any atom is 0.245 e. The molecule has 1 aliphatic rings. The summed E-state index contributed by atoms with van der Waals surface area (Å²) in [7, 11) is -7.88. The molecular weight excluding hydrogens is 302 g/mol. The summed E-state index contributed by atoms with van der Waals surface area (Å²) < 4.78 is 47.2. The normalized spacial score (nSPS) is 16.8. The number of anilines is 1. The molecule has 1 aromatic carbocycles. The van der Waals surface area contributed by atoms with E-state index in [0.717, 1.165) is 18.1 Å². The van der Waals surface area contributed by atoms with Crippen LogP contribution in [0.4, 0.5) is 5.69 Å². The predicted molar refractivity (Wildman–Crippen MR) is 75.6 cm³/mol. The molecule has 8 heteroatoms. The SMILES string of the molecule is CS(=O)(=O)N(c1cccc(C2CC(=O)C2)c1)S(C)(=O)=O. The van der Waals surface area contributed by atoms with E-state index in [1.165, 1.54) is 12.1 Å². The Kier molecular flexibility index (Phi) is 3.64. The number of benzene rings is 1. The zero-order valence-corrected chi connectivity index (χ0v) is 12.7. The molecule has 1 saturated carbocycles. The Hall–Kier alpha value is -1.41. The van der Waals surface area contributed by atoms with Gasteiger partial charge in [-0.25, -0.2) is 16.8 Å². The van der Waals surface area contributed by atoms with Gasteiger partial charge in [-0.3, -0.25) is 4.79 Å². The van der Waals surface area contributed by atoms with Gasteiger partial charge in [-0.2, -0.15) is 3.71 Å². The molecule has 1 aliphatic carbocycles. The van der Waals surface area contributed by atoms with Crippen LogP contribution < -0.4 is 3.71 Å². The number of hydrogen-bond donors (Lipinski definition) is 0. The second-order valence-corrected chi connectivity index (χ2v) is 8.86. The third-order valence-corrected chi connectivity index (χ3v) is 6.35. The smallest absolute Gasteiger partial charge is 0.245 e. The summed E-state index contributed by atoms with van der Waals surface area (Å²) in [6, 6.07) is 6.30. The van der Waals surface area contributed by atoms with E-state index in [1.54, 1.807) is 12.1 Å². The summed E-state index contributed by atoms with van der Waals surface area (Å²) in [4.78, 5) is 11.0. The summed E-state index contributed by atoms with van der Waals surface area (Å²) in [6.07, 6.45) is 2.52. The first kappa shape index (κ1) is 15.0. The van der Waals surface area contributed by atoms with Crippen LogP contribution in [0.1, 0.15) is 24.3 Å². The lowest BCUT2D eigenvalue weighted by atomic mass is 9.79. The number of carbonyl (C=O) groups is 1. The van der Waals surface area contributed by atoms with Crippen molar-refractivity contribution in [1.29, 1.82) is 0 Å². The maximum absolute atomic E-state index is 11.7. The summed E-state index contributed by atoms with van der Waals surface area (Å²) in [5, 5.41) is 0. The minimum Gasteiger partial charge on any atom is -0.300 e. The van der Waals surface area contributed by atoms with Gasteiger partial charge in [0.25, 0.3) is 0 Å². The summed E-state index contributed by atoms with van der Waals surface area (Å²) in [5.41, 5.74) is 0.853. The van der Waals surface area contributed by atoms with Crippen molar-refractivity contribution in [3.05, 3.63) is 29.8 Å². The van der Waals surface area contributed by atoms with Gasteiger partial charge in [0.2, 0.25) is 20.0 Å². The van der Waals surface area contributed by atoms with Crippen molar-refractivity contribution in [3.63, 3.8) is 0 Å². The van der Waals surface area contributed by atoms with Crippen LogP contribution in [0.3, 0.4) is 0 Å². The Morgan fingerprint density at radius 2 is 1.60 bits per heavy atom. The molecule has 6 nitrogen and oxygen atoms in total. The average Bonchev–Trinajstić information content (AvgIpc) is 2.21. The fourth-order valence-corrected chi connectivity index (χ4v) is 5.21. The molecule has 110 valence electrons. The highest BCUT2D eigenvalue weighted by Crippen LogP contribution is 2.35. The van der Waals surface area contributed by atoms with Gasteiger partial charge in [-0.15, -0.1) is 0 Å². The van der Waals surface area contributed by atoms with Crippen molar-refractivity contribution >= 4 is 31.5 Å². The van der Waals surface area contributed by atoms with E-state index in [-0.39, 0.29) is 17.4 Å². The quantitative estimate of drug-likeness (QED) is 0.821. The second kappa shape index (κ2) is 4.85. The number of Topliss-reactive ketones (excluding diaryl/α,β-unsaturated/α-hetero) is 1. The van der Waals surface area contributed by atoms with Crippen LogP contribution in [0.15, 0.2) is 24.3 Å². The van der Waals surface area contributed by atoms with Gasteiger partial charge >= 0.3 is 0 Å². The molecule has 0 amide bonds. The topological polar surface area (TPSA) is 88.6 Å². The third kappa shape index (κ3) is 3.01. The van der Waals surface area contributed by atoms with Crippen molar-refractivity contribution in [1.82, 2.24) is 0 Å². The van der Waals surface area contributed by atoms with Gasteiger partial charge in [-0.05, 0) is 23.6 Å².